The molecule has 3 nitrogen and oxygen atoms in total. The Labute approximate surface area is 138 Å². The first-order valence-corrected chi connectivity index (χ1v) is 7.85. The van der Waals surface area contributed by atoms with E-state index in [1.165, 1.54) is 6.07 Å². The van der Waals surface area contributed by atoms with Crippen molar-refractivity contribution >= 4 is 27.5 Å². The predicted octanol–water partition coefficient (Wildman–Crippen LogP) is 4.02. The van der Waals surface area contributed by atoms with E-state index in [2.05, 4.69) is 26.6 Å². The van der Waals surface area contributed by atoms with Crippen LogP contribution >= 0.6 is 15.9 Å². The standard InChI is InChI=1S/C17H18BrFN2O/c1-12-10-14(18)6-7-16(12)20-9-8-17(22)21-11-13-4-2-3-5-15(13)19/h2-7,10,20H,8-9,11H2,1H3,(H,21,22). The van der Waals surface area contributed by atoms with Crippen LogP contribution in [-0.2, 0) is 11.3 Å². The van der Waals surface area contributed by atoms with E-state index in [0.717, 1.165) is 15.7 Å². The number of anilines is 1. The maximum Gasteiger partial charge on any atom is 0.222 e. The topological polar surface area (TPSA) is 41.1 Å². The van der Waals surface area contributed by atoms with Crippen molar-refractivity contribution in [3.63, 3.8) is 0 Å². The lowest BCUT2D eigenvalue weighted by Gasteiger charge is -2.10. The number of amides is 1. The molecule has 0 fully saturated rings. The van der Waals surface area contributed by atoms with Crippen molar-refractivity contribution < 1.29 is 9.18 Å². The minimum atomic E-state index is -0.300. The maximum absolute atomic E-state index is 13.4. The number of carbonyl (C=O) groups is 1. The van der Waals surface area contributed by atoms with Crippen molar-refractivity contribution in [3.05, 3.63) is 63.9 Å². The van der Waals surface area contributed by atoms with Gasteiger partial charge in [0, 0.05) is 35.2 Å². The molecule has 22 heavy (non-hydrogen) atoms. The van der Waals surface area contributed by atoms with Gasteiger partial charge in [0.05, 0.1) is 0 Å². The number of halogens is 2. The Kier molecular flexibility index (Phi) is 5.95. The summed E-state index contributed by atoms with van der Waals surface area (Å²) in [5, 5.41) is 5.95. The van der Waals surface area contributed by atoms with Gasteiger partial charge >= 0.3 is 0 Å². The van der Waals surface area contributed by atoms with Gasteiger partial charge in [0.1, 0.15) is 5.82 Å². The van der Waals surface area contributed by atoms with Crippen molar-refractivity contribution in [1.82, 2.24) is 5.32 Å². The van der Waals surface area contributed by atoms with E-state index in [1.807, 2.05) is 25.1 Å². The summed E-state index contributed by atoms with van der Waals surface area (Å²) < 4.78 is 14.4. The SMILES string of the molecule is Cc1cc(Br)ccc1NCCC(=O)NCc1ccccc1F. The van der Waals surface area contributed by atoms with Crippen LogP contribution in [-0.4, -0.2) is 12.5 Å². The second kappa shape index (κ2) is 7.94. The molecule has 0 atom stereocenters. The zero-order valence-electron chi connectivity index (χ0n) is 12.3. The highest BCUT2D eigenvalue weighted by molar-refractivity contribution is 9.10. The summed E-state index contributed by atoms with van der Waals surface area (Å²) in [4.78, 5) is 11.8. The van der Waals surface area contributed by atoms with Crippen molar-refractivity contribution in [3.8, 4) is 0 Å². The molecule has 0 aliphatic heterocycles. The molecule has 116 valence electrons. The summed E-state index contributed by atoms with van der Waals surface area (Å²) in [7, 11) is 0. The first-order chi connectivity index (χ1) is 10.6. The monoisotopic (exact) mass is 364 g/mol. The summed E-state index contributed by atoms with van der Waals surface area (Å²) >= 11 is 3.41. The van der Waals surface area contributed by atoms with Crippen molar-refractivity contribution in [1.29, 1.82) is 0 Å². The average molecular weight is 365 g/mol. The van der Waals surface area contributed by atoms with E-state index in [9.17, 15) is 9.18 Å². The van der Waals surface area contributed by atoms with E-state index in [0.29, 0.717) is 18.5 Å². The van der Waals surface area contributed by atoms with Gasteiger partial charge in [0.15, 0.2) is 0 Å². The van der Waals surface area contributed by atoms with E-state index >= 15 is 0 Å². The summed E-state index contributed by atoms with van der Waals surface area (Å²) in [6, 6.07) is 12.4. The highest BCUT2D eigenvalue weighted by atomic mass is 79.9. The zero-order chi connectivity index (χ0) is 15.9. The number of hydrogen-bond acceptors (Lipinski definition) is 2. The third-order valence-corrected chi connectivity index (χ3v) is 3.78. The number of rotatable bonds is 6. The normalized spacial score (nSPS) is 10.3. The molecule has 2 rings (SSSR count). The van der Waals surface area contributed by atoms with E-state index in [4.69, 9.17) is 0 Å². The Morgan fingerprint density at radius 2 is 2.00 bits per heavy atom. The molecule has 0 radical (unpaired) electrons. The van der Waals surface area contributed by atoms with Gasteiger partial charge in [-0.15, -0.1) is 0 Å². The summed E-state index contributed by atoms with van der Waals surface area (Å²) in [5.74, 6) is -0.406. The molecule has 0 saturated carbocycles. The lowest BCUT2D eigenvalue weighted by atomic mass is 10.2. The highest BCUT2D eigenvalue weighted by Gasteiger charge is 2.05. The largest absolute Gasteiger partial charge is 0.384 e. The van der Waals surface area contributed by atoms with Crippen LogP contribution in [0.1, 0.15) is 17.5 Å². The Morgan fingerprint density at radius 3 is 2.73 bits per heavy atom. The molecule has 0 heterocycles. The molecule has 0 saturated heterocycles. The van der Waals surface area contributed by atoms with Crippen LogP contribution in [0.25, 0.3) is 0 Å². The first-order valence-electron chi connectivity index (χ1n) is 7.06. The van der Waals surface area contributed by atoms with E-state index in [-0.39, 0.29) is 18.3 Å². The number of aryl methyl sites for hydroxylation is 1. The molecule has 1 amide bonds. The molecule has 0 spiro atoms. The molecular weight excluding hydrogens is 347 g/mol. The number of benzene rings is 2. The molecule has 2 aromatic rings. The third-order valence-electron chi connectivity index (χ3n) is 3.29. The smallest absolute Gasteiger partial charge is 0.222 e. The van der Waals surface area contributed by atoms with Gasteiger partial charge < -0.3 is 10.6 Å². The average Bonchev–Trinajstić information content (AvgIpc) is 2.49. The van der Waals surface area contributed by atoms with Gasteiger partial charge in [-0.1, -0.05) is 34.1 Å². The third kappa shape index (κ3) is 4.84. The number of carbonyl (C=O) groups excluding carboxylic acids is 1. The molecule has 2 aromatic carbocycles. The first kappa shape index (κ1) is 16.5. The van der Waals surface area contributed by atoms with Crippen LogP contribution in [0.4, 0.5) is 10.1 Å². The fourth-order valence-corrected chi connectivity index (χ4v) is 2.54. The molecular formula is C17H18BrFN2O. The van der Waals surface area contributed by atoms with E-state index < -0.39 is 0 Å². The van der Waals surface area contributed by atoms with E-state index in [1.54, 1.807) is 18.2 Å². The van der Waals surface area contributed by atoms with Crippen LogP contribution < -0.4 is 10.6 Å². The molecule has 0 aliphatic rings. The Hall–Kier alpha value is -1.88. The summed E-state index contributed by atoms with van der Waals surface area (Å²) in [6.45, 7) is 2.75. The van der Waals surface area contributed by atoms with Crippen LogP contribution in [0.5, 0.6) is 0 Å². The fraction of sp³-hybridized carbons (Fsp3) is 0.235. The van der Waals surface area contributed by atoms with Crippen LogP contribution in [0, 0.1) is 12.7 Å². The highest BCUT2D eigenvalue weighted by Crippen LogP contribution is 2.19. The molecule has 0 aromatic heterocycles. The quantitative estimate of drug-likeness (QED) is 0.812. The molecule has 5 heteroatoms. The Balaban J connectivity index is 1.75. The second-order valence-corrected chi connectivity index (χ2v) is 5.92. The van der Waals surface area contributed by atoms with Gasteiger partial charge in [-0.05, 0) is 36.8 Å². The predicted molar refractivity (Wildman–Crippen MR) is 90.2 cm³/mol. The number of hydrogen-bond donors (Lipinski definition) is 2. The molecule has 2 N–H and O–H groups in total. The molecule has 0 bridgehead atoms. The van der Waals surface area contributed by atoms with Crippen molar-refractivity contribution in [2.24, 2.45) is 0 Å². The van der Waals surface area contributed by atoms with Crippen LogP contribution in [0.3, 0.4) is 0 Å². The minimum Gasteiger partial charge on any atom is -0.384 e. The fourth-order valence-electron chi connectivity index (χ4n) is 2.06. The maximum atomic E-state index is 13.4. The van der Waals surface area contributed by atoms with Crippen LogP contribution in [0.2, 0.25) is 0 Å². The second-order valence-electron chi connectivity index (χ2n) is 5.00. The van der Waals surface area contributed by atoms with Gasteiger partial charge in [-0.25, -0.2) is 4.39 Å². The lowest BCUT2D eigenvalue weighted by Crippen LogP contribution is -2.25. The molecule has 0 unspecified atom stereocenters. The van der Waals surface area contributed by atoms with Crippen molar-refractivity contribution in [2.75, 3.05) is 11.9 Å². The number of nitrogens with one attached hydrogen (secondary N) is 2. The summed E-state index contributed by atoms with van der Waals surface area (Å²) in [5.41, 5.74) is 2.61. The molecule has 0 aliphatic carbocycles. The van der Waals surface area contributed by atoms with Gasteiger partial charge in [0.25, 0.3) is 0 Å². The zero-order valence-corrected chi connectivity index (χ0v) is 13.9. The van der Waals surface area contributed by atoms with Gasteiger partial charge in [-0.2, -0.15) is 0 Å². The van der Waals surface area contributed by atoms with Crippen LogP contribution in [0.15, 0.2) is 46.9 Å². The Bertz CT molecular complexity index is 661. The van der Waals surface area contributed by atoms with Gasteiger partial charge in [-0.3, -0.25) is 4.79 Å². The van der Waals surface area contributed by atoms with Crippen molar-refractivity contribution in [2.45, 2.75) is 19.9 Å². The summed E-state index contributed by atoms with van der Waals surface area (Å²) in [6.07, 6.45) is 0.337. The Morgan fingerprint density at radius 1 is 1.23 bits per heavy atom. The van der Waals surface area contributed by atoms with Gasteiger partial charge in [0.2, 0.25) is 5.91 Å². The lowest BCUT2D eigenvalue weighted by molar-refractivity contribution is -0.121. The minimum absolute atomic E-state index is 0.106.